The molecule has 0 amide bonds. The molecule has 0 spiro atoms. The van der Waals surface area contributed by atoms with Crippen LogP contribution in [0.2, 0.25) is 0 Å². The highest BCUT2D eigenvalue weighted by Crippen LogP contribution is 2.31. The Hall–Kier alpha value is -1.27. The molecular weight excluding hydrogens is 340 g/mol. The fourth-order valence-corrected chi connectivity index (χ4v) is 2.91. The maximum absolute atomic E-state index is 14.2. The van der Waals surface area contributed by atoms with Gasteiger partial charge in [-0.3, -0.25) is 4.68 Å². The van der Waals surface area contributed by atoms with E-state index in [0.29, 0.717) is 11.1 Å². The maximum atomic E-state index is 14.2. The summed E-state index contributed by atoms with van der Waals surface area (Å²) in [6, 6.07) is 2.08. The van der Waals surface area contributed by atoms with Crippen LogP contribution >= 0.6 is 15.9 Å². The zero-order chi connectivity index (χ0) is 15.6. The fraction of sp³-hybridized carbons (Fsp3) is 0.400. The van der Waals surface area contributed by atoms with Gasteiger partial charge in [-0.15, -0.1) is 0 Å². The molecule has 6 heteroatoms. The molecule has 0 aliphatic carbocycles. The molecule has 0 aliphatic rings. The molecule has 0 saturated heterocycles. The second-order valence-electron chi connectivity index (χ2n) is 4.95. The Morgan fingerprint density at radius 2 is 2.05 bits per heavy atom. The predicted octanol–water partition coefficient (Wildman–Crippen LogP) is 3.95. The van der Waals surface area contributed by atoms with Crippen molar-refractivity contribution in [3.05, 3.63) is 51.3 Å². The highest BCUT2D eigenvalue weighted by Gasteiger charge is 2.24. The van der Waals surface area contributed by atoms with Gasteiger partial charge >= 0.3 is 0 Å². The van der Waals surface area contributed by atoms with Crippen LogP contribution in [-0.2, 0) is 6.54 Å². The molecule has 114 valence electrons. The summed E-state index contributed by atoms with van der Waals surface area (Å²) in [5, 5.41) is 7.40. The number of rotatable bonds is 5. The van der Waals surface area contributed by atoms with E-state index in [1.807, 2.05) is 4.68 Å². The summed E-state index contributed by atoms with van der Waals surface area (Å²) < 4.78 is 30.3. The normalized spacial score (nSPS) is 12.7. The van der Waals surface area contributed by atoms with Crippen LogP contribution in [0.5, 0.6) is 0 Å². The molecule has 1 aromatic heterocycles. The van der Waals surface area contributed by atoms with Crippen molar-refractivity contribution in [2.24, 2.45) is 0 Å². The Labute approximate surface area is 131 Å². The van der Waals surface area contributed by atoms with Crippen LogP contribution in [0.25, 0.3) is 0 Å². The van der Waals surface area contributed by atoms with Gasteiger partial charge in [-0.25, -0.2) is 8.78 Å². The van der Waals surface area contributed by atoms with Crippen molar-refractivity contribution < 1.29 is 8.78 Å². The number of halogens is 3. The molecule has 21 heavy (non-hydrogen) atoms. The van der Waals surface area contributed by atoms with Gasteiger partial charge in [-0.1, -0.05) is 6.92 Å². The largest absolute Gasteiger partial charge is 0.308 e. The van der Waals surface area contributed by atoms with Crippen molar-refractivity contribution in [2.45, 2.75) is 32.9 Å². The van der Waals surface area contributed by atoms with E-state index in [9.17, 15) is 8.78 Å². The molecule has 1 aromatic carbocycles. The van der Waals surface area contributed by atoms with Crippen LogP contribution in [0.3, 0.4) is 0 Å². The van der Waals surface area contributed by atoms with Gasteiger partial charge in [0.15, 0.2) is 0 Å². The summed E-state index contributed by atoms with van der Waals surface area (Å²) in [6.07, 6.45) is 2.62. The van der Waals surface area contributed by atoms with E-state index in [4.69, 9.17) is 0 Å². The predicted molar refractivity (Wildman–Crippen MR) is 82.2 cm³/mol. The monoisotopic (exact) mass is 357 g/mol. The highest BCUT2D eigenvalue weighted by atomic mass is 79.9. The molecule has 1 N–H and O–H groups in total. The number of hydrogen-bond acceptors (Lipinski definition) is 2. The van der Waals surface area contributed by atoms with Gasteiger partial charge in [0, 0.05) is 18.2 Å². The molecule has 0 saturated carbocycles. The molecule has 1 unspecified atom stereocenters. The number of nitrogens with zero attached hydrogens (tertiary/aromatic N) is 2. The molecule has 1 heterocycles. The SMILES string of the molecule is CCCn1ncc(Br)c1C(NC)c1cc(C)c(F)cc1F. The van der Waals surface area contributed by atoms with E-state index < -0.39 is 17.7 Å². The lowest BCUT2D eigenvalue weighted by Gasteiger charge is -2.20. The Bertz CT molecular complexity index is 640. The van der Waals surface area contributed by atoms with Gasteiger partial charge in [-0.2, -0.15) is 5.10 Å². The van der Waals surface area contributed by atoms with Crippen LogP contribution in [0, 0.1) is 18.6 Å². The van der Waals surface area contributed by atoms with Gasteiger partial charge < -0.3 is 5.32 Å². The van der Waals surface area contributed by atoms with Crippen molar-refractivity contribution in [2.75, 3.05) is 7.05 Å². The van der Waals surface area contributed by atoms with E-state index in [0.717, 1.165) is 29.2 Å². The molecule has 2 aromatic rings. The van der Waals surface area contributed by atoms with Crippen LogP contribution in [0.15, 0.2) is 22.8 Å². The van der Waals surface area contributed by atoms with Crippen molar-refractivity contribution in [1.82, 2.24) is 15.1 Å². The number of aryl methyl sites for hydroxylation is 2. The summed E-state index contributed by atoms with van der Waals surface area (Å²) in [4.78, 5) is 0. The second-order valence-corrected chi connectivity index (χ2v) is 5.80. The molecule has 3 nitrogen and oxygen atoms in total. The van der Waals surface area contributed by atoms with Crippen molar-refractivity contribution >= 4 is 15.9 Å². The van der Waals surface area contributed by atoms with Crippen LogP contribution in [0.1, 0.15) is 36.2 Å². The van der Waals surface area contributed by atoms with Gasteiger partial charge in [-0.05, 0) is 48.0 Å². The maximum Gasteiger partial charge on any atom is 0.131 e. The standard InChI is InChI=1S/C15H18BrF2N3/c1-4-5-21-15(11(16)8-20-21)14(19-3)10-6-9(2)12(17)7-13(10)18/h6-8,14,19H,4-5H2,1-3H3. The molecule has 0 fully saturated rings. The third-order valence-corrected chi connectivity index (χ3v) is 4.03. The Kier molecular flexibility index (Phi) is 5.11. The van der Waals surface area contributed by atoms with E-state index in [2.05, 4.69) is 33.3 Å². The quantitative estimate of drug-likeness (QED) is 0.877. The molecule has 2 rings (SSSR count). The number of hydrogen-bond donors (Lipinski definition) is 1. The van der Waals surface area contributed by atoms with Crippen LogP contribution in [-0.4, -0.2) is 16.8 Å². The number of aromatic nitrogens is 2. The number of nitrogens with one attached hydrogen (secondary N) is 1. The first-order chi connectivity index (χ1) is 9.99. The van der Waals surface area contributed by atoms with E-state index in [1.54, 1.807) is 26.2 Å². The molecule has 0 radical (unpaired) electrons. The van der Waals surface area contributed by atoms with Gasteiger partial charge in [0.2, 0.25) is 0 Å². The summed E-state index contributed by atoms with van der Waals surface area (Å²) in [6.45, 7) is 4.42. The van der Waals surface area contributed by atoms with Crippen molar-refractivity contribution in [1.29, 1.82) is 0 Å². The smallest absolute Gasteiger partial charge is 0.131 e. The second kappa shape index (κ2) is 6.66. The first-order valence-electron chi connectivity index (χ1n) is 6.83. The summed E-state index contributed by atoms with van der Waals surface area (Å²) >= 11 is 3.46. The first-order valence-corrected chi connectivity index (χ1v) is 7.62. The minimum Gasteiger partial charge on any atom is -0.308 e. The highest BCUT2D eigenvalue weighted by molar-refractivity contribution is 9.10. The third kappa shape index (κ3) is 3.16. The van der Waals surface area contributed by atoms with E-state index >= 15 is 0 Å². The summed E-state index contributed by atoms with van der Waals surface area (Å²) in [5.74, 6) is -1.10. The summed E-state index contributed by atoms with van der Waals surface area (Å²) in [7, 11) is 1.75. The lowest BCUT2D eigenvalue weighted by molar-refractivity contribution is 0.508. The number of benzene rings is 1. The average molecular weight is 358 g/mol. The molecule has 1 atom stereocenters. The zero-order valence-electron chi connectivity index (χ0n) is 12.3. The molecule has 0 bridgehead atoms. The lowest BCUT2D eigenvalue weighted by Crippen LogP contribution is -2.23. The van der Waals surface area contributed by atoms with Gasteiger partial charge in [0.1, 0.15) is 11.6 Å². The lowest BCUT2D eigenvalue weighted by atomic mass is 10.0. The van der Waals surface area contributed by atoms with Crippen LogP contribution in [0.4, 0.5) is 8.78 Å². The Morgan fingerprint density at radius 1 is 1.33 bits per heavy atom. The fourth-order valence-electron chi connectivity index (χ4n) is 2.39. The third-order valence-electron chi connectivity index (χ3n) is 3.42. The van der Waals surface area contributed by atoms with Gasteiger partial charge in [0.25, 0.3) is 0 Å². The van der Waals surface area contributed by atoms with Crippen molar-refractivity contribution in [3.63, 3.8) is 0 Å². The Morgan fingerprint density at radius 3 is 2.67 bits per heavy atom. The molecule has 0 aliphatic heterocycles. The van der Waals surface area contributed by atoms with Gasteiger partial charge in [0.05, 0.1) is 22.4 Å². The minimum atomic E-state index is -0.561. The molecular formula is C15H18BrF2N3. The minimum absolute atomic E-state index is 0.396. The first kappa shape index (κ1) is 16.1. The van der Waals surface area contributed by atoms with Crippen molar-refractivity contribution in [3.8, 4) is 0 Å². The average Bonchev–Trinajstić information content (AvgIpc) is 2.79. The Balaban J connectivity index is 2.55. The van der Waals surface area contributed by atoms with Crippen LogP contribution < -0.4 is 5.32 Å². The van der Waals surface area contributed by atoms with E-state index in [-0.39, 0.29) is 0 Å². The summed E-state index contributed by atoms with van der Waals surface area (Å²) in [5.41, 5.74) is 1.67. The van der Waals surface area contributed by atoms with E-state index in [1.165, 1.54) is 0 Å². The zero-order valence-corrected chi connectivity index (χ0v) is 13.8. The topological polar surface area (TPSA) is 29.9 Å².